The van der Waals surface area contributed by atoms with Crippen molar-refractivity contribution >= 4 is 0 Å². The first-order valence-corrected chi connectivity index (χ1v) is 4.73. The fourth-order valence-electron chi connectivity index (χ4n) is 1.31. The van der Waals surface area contributed by atoms with Gasteiger partial charge in [-0.2, -0.15) is 0 Å². The molecular formula is C10H18N2. The van der Waals surface area contributed by atoms with Gasteiger partial charge in [0.1, 0.15) is 0 Å². The highest BCUT2D eigenvalue weighted by Gasteiger charge is 1.96. The molecule has 2 heteroatoms. The molecule has 1 aromatic heterocycles. The van der Waals surface area contributed by atoms with E-state index in [4.69, 9.17) is 0 Å². The predicted molar refractivity (Wildman–Crippen MR) is 52.1 cm³/mol. The molecule has 0 atom stereocenters. The zero-order chi connectivity index (χ0) is 8.81. The Kier molecular flexibility index (Phi) is 3.88. The lowest BCUT2D eigenvalue weighted by molar-refractivity contribution is 0.622. The van der Waals surface area contributed by atoms with Crippen LogP contribution in [0.3, 0.4) is 0 Å². The van der Waals surface area contributed by atoms with Crippen molar-refractivity contribution in [3.8, 4) is 0 Å². The minimum Gasteiger partial charge on any atom is -0.351 e. The second-order valence-corrected chi connectivity index (χ2v) is 2.96. The van der Waals surface area contributed by atoms with Crippen molar-refractivity contribution in [1.82, 2.24) is 9.88 Å². The number of rotatable bonds is 5. The van der Waals surface area contributed by atoms with E-state index >= 15 is 0 Å². The van der Waals surface area contributed by atoms with Crippen LogP contribution in [0, 0.1) is 0 Å². The summed E-state index contributed by atoms with van der Waals surface area (Å²) >= 11 is 0. The molecule has 12 heavy (non-hydrogen) atoms. The van der Waals surface area contributed by atoms with Crippen molar-refractivity contribution < 1.29 is 0 Å². The van der Waals surface area contributed by atoms with Crippen molar-refractivity contribution in [3.05, 3.63) is 24.0 Å². The maximum Gasteiger partial charge on any atom is 0.0359 e. The molecular weight excluding hydrogens is 148 g/mol. The van der Waals surface area contributed by atoms with E-state index in [1.807, 2.05) is 0 Å². The molecule has 0 saturated heterocycles. The average Bonchev–Trinajstić information content (AvgIpc) is 2.52. The summed E-state index contributed by atoms with van der Waals surface area (Å²) < 4.78 is 2.27. The highest BCUT2D eigenvalue weighted by molar-refractivity contribution is 5.06. The smallest absolute Gasteiger partial charge is 0.0359 e. The molecule has 0 aliphatic heterocycles. The topological polar surface area (TPSA) is 17.0 Å². The maximum absolute atomic E-state index is 3.39. The summed E-state index contributed by atoms with van der Waals surface area (Å²) in [7, 11) is 0. The van der Waals surface area contributed by atoms with E-state index in [9.17, 15) is 0 Å². The molecule has 0 aliphatic rings. The van der Waals surface area contributed by atoms with Crippen molar-refractivity contribution in [2.24, 2.45) is 0 Å². The second kappa shape index (κ2) is 4.99. The predicted octanol–water partition coefficient (Wildman–Crippen LogP) is 2.01. The summed E-state index contributed by atoms with van der Waals surface area (Å²) in [6, 6.07) is 4.28. The number of hydrogen-bond donors (Lipinski definition) is 1. The first kappa shape index (κ1) is 9.33. The Morgan fingerprint density at radius 1 is 1.42 bits per heavy atom. The number of aromatic nitrogens is 1. The lowest BCUT2D eigenvalue weighted by Gasteiger charge is -2.06. The Bertz CT molecular complexity index is 215. The van der Waals surface area contributed by atoms with E-state index in [1.165, 1.54) is 12.1 Å². The van der Waals surface area contributed by atoms with Crippen molar-refractivity contribution in [3.63, 3.8) is 0 Å². The van der Waals surface area contributed by atoms with Crippen LogP contribution in [-0.4, -0.2) is 11.1 Å². The molecule has 0 aliphatic carbocycles. The number of aryl methyl sites for hydroxylation is 1. The van der Waals surface area contributed by atoms with Gasteiger partial charge in [-0.1, -0.05) is 6.92 Å². The van der Waals surface area contributed by atoms with Crippen LogP contribution >= 0.6 is 0 Å². The van der Waals surface area contributed by atoms with Gasteiger partial charge in [0.25, 0.3) is 0 Å². The molecule has 68 valence electrons. The van der Waals surface area contributed by atoms with Crippen LogP contribution in [0.15, 0.2) is 18.3 Å². The first-order valence-electron chi connectivity index (χ1n) is 4.73. The van der Waals surface area contributed by atoms with Gasteiger partial charge in [0.2, 0.25) is 0 Å². The van der Waals surface area contributed by atoms with Gasteiger partial charge in [0.15, 0.2) is 0 Å². The van der Waals surface area contributed by atoms with Crippen LogP contribution in [0.4, 0.5) is 0 Å². The van der Waals surface area contributed by atoms with E-state index in [2.05, 4.69) is 42.1 Å². The molecule has 0 bridgehead atoms. The highest BCUT2D eigenvalue weighted by atomic mass is 15.0. The molecule has 1 N–H and O–H groups in total. The average molecular weight is 166 g/mol. The quantitative estimate of drug-likeness (QED) is 0.662. The van der Waals surface area contributed by atoms with Gasteiger partial charge in [-0.3, -0.25) is 0 Å². The zero-order valence-corrected chi connectivity index (χ0v) is 8.01. The lowest BCUT2D eigenvalue weighted by atomic mass is 10.4. The molecule has 0 aromatic carbocycles. The van der Waals surface area contributed by atoms with Crippen LogP contribution in [0.5, 0.6) is 0 Å². The molecule has 0 amide bonds. The van der Waals surface area contributed by atoms with E-state index < -0.39 is 0 Å². The first-order chi connectivity index (χ1) is 5.88. The van der Waals surface area contributed by atoms with Crippen molar-refractivity contribution in [2.45, 2.75) is 33.4 Å². The standard InChI is InChI=1S/C10H18N2/c1-3-7-11-9-10-6-5-8-12(10)4-2/h5-6,8,11H,3-4,7,9H2,1-2H3. The SMILES string of the molecule is CCCNCc1cccn1CC. The van der Waals surface area contributed by atoms with Crippen LogP contribution in [0.1, 0.15) is 26.0 Å². The second-order valence-electron chi connectivity index (χ2n) is 2.96. The number of hydrogen-bond acceptors (Lipinski definition) is 1. The Balaban J connectivity index is 2.39. The van der Waals surface area contributed by atoms with Gasteiger partial charge in [-0.25, -0.2) is 0 Å². The van der Waals surface area contributed by atoms with Gasteiger partial charge in [-0.15, -0.1) is 0 Å². The monoisotopic (exact) mass is 166 g/mol. The fraction of sp³-hybridized carbons (Fsp3) is 0.600. The third-order valence-electron chi connectivity index (χ3n) is 2.00. The van der Waals surface area contributed by atoms with Gasteiger partial charge < -0.3 is 9.88 Å². The largest absolute Gasteiger partial charge is 0.351 e. The summed E-state index contributed by atoms with van der Waals surface area (Å²) in [4.78, 5) is 0. The summed E-state index contributed by atoms with van der Waals surface area (Å²) in [5.41, 5.74) is 1.38. The highest BCUT2D eigenvalue weighted by Crippen LogP contribution is 2.00. The molecule has 0 saturated carbocycles. The summed E-state index contributed by atoms with van der Waals surface area (Å²) in [5.74, 6) is 0. The van der Waals surface area contributed by atoms with Crippen molar-refractivity contribution in [2.75, 3.05) is 6.54 Å². The van der Waals surface area contributed by atoms with Crippen LogP contribution < -0.4 is 5.32 Å². The van der Waals surface area contributed by atoms with Gasteiger partial charge >= 0.3 is 0 Å². The molecule has 0 fully saturated rings. The third kappa shape index (κ3) is 2.38. The van der Waals surface area contributed by atoms with E-state index in [0.29, 0.717) is 0 Å². The van der Waals surface area contributed by atoms with Gasteiger partial charge in [0.05, 0.1) is 0 Å². The molecule has 0 unspecified atom stereocenters. The molecule has 1 aromatic rings. The Morgan fingerprint density at radius 3 is 2.92 bits per heavy atom. The van der Waals surface area contributed by atoms with Crippen LogP contribution in [0.2, 0.25) is 0 Å². The maximum atomic E-state index is 3.39. The van der Waals surface area contributed by atoms with E-state index in [0.717, 1.165) is 19.6 Å². The molecule has 2 nitrogen and oxygen atoms in total. The van der Waals surface area contributed by atoms with Gasteiger partial charge in [0, 0.05) is 25.0 Å². The van der Waals surface area contributed by atoms with Crippen LogP contribution in [-0.2, 0) is 13.1 Å². The fourth-order valence-corrected chi connectivity index (χ4v) is 1.31. The summed E-state index contributed by atoms with van der Waals surface area (Å²) in [5, 5.41) is 3.39. The molecule has 1 rings (SSSR count). The Labute approximate surface area is 74.6 Å². The number of nitrogens with one attached hydrogen (secondary N) is 1. The van der Waals surface area contributed by atoms with E-state index in [-0.39, 0.29) is 0 Å². The normalized spacial score (nSPS) is 10.5. The summed E-state index contributed by atoms with van der Waals surface area (Å²) in [6.07, 6.45) is 3.33. The van der Waals surface area contributed by atoms with E-state index in [1.54, 1.807) is 0 Å². The molecule has 0 spiro atoms. The minimum atomic E-state index is 0.995. The summed E-state index contributed by atoms with van der Waals surface area (Å²) in [6.45, 7) is 7.52. The van der Waals surface area contributed by atoms with Gasteiger partial charge in [-0.05, 0) is 32.0 Å². The molecule has 1 heterocycles. The molecule has 0 radical (unpaired) electrons. The third-order valence-corrected chi connectivity index (χ3v) is 2.00. The van der Waals surface area contributed by atoms with Crippen LogP contribution in [0.25, 0.3) is 0 Å². The van der Waals surface area contributed by atoms with Crippen molar-refractivity contribution in [1.29, 1.82) is 0 Å². The zero-order valence-electron chi connectivity index (χ0n) is 8.01. The Morgan fingerprint density at radius 2 is 2.25 bits per heavy atom. The lowest BCUT2D eigenvalue weighted by Crippen LogP contribution is -2.16. The Hall–Kier alpha value is -0.760. The minimum absolute atomic E-state index is 0.995. The number of nitrogens with zero attached hydrogens (tertiary/aromatic N) is 1.